The molecule has 1 aromatic rings. The molecule has 1 amide bonds. The summed E-state index contributed by atoms with van der Waals surface area (Å²) in [6.45, 7) is 2.57. The van der Waals surface area contributed by atoms with Gasteiger partial charge in [0.25, 0.3) is 0 Å². The van der Waals surface area contributed by atoms with E-state index in [4.69, 9.17) is 0 Å². The Morgan fingerprint density at radius 3 is 2.70 bits per heavy atom. The fraction of sp³-hybridized carbons (Fsp3) is 0.560. The van der Waals surface area contributed by atoms with Crippen molar-refractivity contribution in [1.82, 2.24) is 5.32 Å². The maximum Gasteiger partial charge on any atom is 0.219 e. The second-order valence-corrected chi connectivity index (χ2v) is 8.14. The van der Waals surface area contributed by atoms with Crippen LogP contribution in [0.5, 0.6) is 0 Å². The third-order valence-corrected chi connectivity index (χ3v) is 5.77. The number of aliphatic hydroxyl groups excluding tert-OH is 3. The average Bonchev–Trinajstić information content (AvgIpc) is 3.00. The summed E-state index contributed by atoms with van der Waals surface area (Å²) in [7, 11) is 0. The van der Waals surface area contributed by atoms with Gasteiger partial charge in [-0.05, 0) is 50.5 Å². The van der Waals surface area contributed by atoms with Crippen LogP contribution in [0.25, 0.3) is 0 Å². The van der Waals surface area contributed by atoms with E-state index in [9.17, 15) is 20.1 Å². The number of rotatable bonds is 12. The summed E-state index contributed by atoms with van der Waals surface area (Å²) in [6, 6.07) is 10.1. The molecule has 0 radical (unpaired) electrons. The van der Waals surface area contributed by atoms with Gasteiger partial charge in [0.1, 0.15) is 0 Å². The van der Waals surface area contributed by atoms with Crippen molar-refractivity contribution < 1.29 is 20.1 Å². The van der Waals surface area contributed by atoms with Crippen LogP contribution in [-0.2, 0) is 11.2 Å². The molecular formula is C25H37NO4. The molecule has 4 N–H and O–H groups in total. The molecule has 5 nitrogen and oxygen atoms in total. The topological polar surface area (TPSA) is 89.8 Å². The molecule has 166 valence electrons. The number of amides is 1. The number of hydrogen-bond donors (Lipinski definition) is 4. The first-order valence-corrected chi connectivity index (χ1v) is 11.2. The first-order valence-electron chi connectivity index (χ1n) is 11.2. The molecular weight excluding hydrogens is 378 g/mol. The zero-order valence-corrected chi connectivity index (χ0v) is 18.0. The lowest BCUT2D eigenvalue weighted by atomic mass is 9.89. The molecule has 5 atom stereocenters. The zero-order chi connectivity index (χ0) is 21.8. The number of benzene rings is 1. The summed E-state index contributed by atoms with van der Waals surface area (Å²) < 4.78 is 0. The highest BCUT2D eigenvalue weighted by atomic mass is 16.3. The standard InChI is InChI=1S/C25H37NO4/c1-2-26-25(30)13-9-4-3-8-12-21-22(24(29)18-23(21)28)17-16-20(27)15-14-19-10-6-5-7-11-19/h3,5-8,10-11,16-17,20-24,27-29H,2,4,9,12-15,18H2,1H3,(H,26,30)/b8-3-,17-16-/t20-,21+,22+,23-,24+/m0/s1. The summed E-state index contributed by atoms with van der Waals surface area (Å²) in [5, 5.41) is 33.8. The monoisotopic (exact) mass is 415 g/mol. The van der Waals surface area contributed by atoms with Gasteiger partial charge in [0, 0.05) is 25.3 Å². The number of allylic oxidation sites excluding steroid dienone is 2. The van der Waals surface area contributed by atoms with Gasteiger partial charge in [-0.2, -0.15) is 0 Å². The van der Waals surface area contributed by atoms with E-state index in [1.165, 1.54) is 5.56 Å². The normalized spacial score (nSPS) is 25.2. The third-order valence-electron chi connectivity index (χ3n) is 5.77. The number of carbonyl (C=O) groups excluding carboxylic acids is 1. The van der Waals surface area contributed by atoms with E-state index in [1.807, 2.05) is 55.5 Å². The summed E-state index contributed by atoms with van der Waals surface area (Å²) in [5.74, 6) is -0.139. The van der Waals surface area contributed by atoms with Crippen LogP contribution >= 0.6 is 0 Å². The molecule has 0 heterocycles. The maximum absolute atomic E-state index is 11.4. The first-order chi connectivity index (χ1) is 14.5. The lowest BCUT2D eigenvalue weighted by Crippen LogP contribution is -2.21. The highest BCUT2D eigenvalue weighted by molar-refractivity contribution is 5.75. The second kappa shape index (κ2) is 13.4. The van der Waals surface area contributed by atoms with Crippen molar-refractivity contribution >= 4 is 5.91 Å². The van der Waals surface area contributed by atoms with E-state index < -0.39 is 18.3 Å². The summed E-state index contributed by atoms with van der Waals surface area (Å²) in [6.07, 6.45) is 10.6. The van der Waals surface area contributed by atoms with Gasteiger partial charge in [0.05, 0.1) is 18.3 Å². The minimum absolute atomic E-state index is 0.0581. The van der Waals surface area contributed by atoms with Gasteiger partial charge in [-0.3, -0.25) is 4.79 Å². The number of carbonyl (C=O) groups is 1. The van der Waals surface area contributed by atoms with Crippen molar-refractivity contribution in [3.8, 4) is 0 Å². The van der Waals surface area contributed by atoms with Gasteiger partial charge in [0.2, 0.25) is 5.91 Å². The van der Waals surface area contributed by atoms with Crippen molar-refractivity contribution in [1.29, 1.82) is 0 Å². The highest BCUT2D eigenvalue weighted by Gasteiger charge is 2.39. The molecule has 0 aliphatic heterocycles. The van der Waals surface area contributed by atoms with Gasteiger partial charge >= 0.3 is 0 Å². The Labute approximate surface area is 180 Å². The predicted molar refractivity (Wildman–Crippen MR) is 120 cm³/mol. The van der Waals surface area contributed by atoms with Gasteiger partial charge in [-0.25, -0.2) is 0 Å². The molecule has 1 aliphatic rings. The van der Waals surface area contributed by atoms with E-state index in [0.717, 1.165) is 19.3 Å². The number of aryl methyl sites for hydroxylation is 1. The molecule has 0 aromatic heterocycles. The van der Waals surface area contributed by atoms with Crippen LogP contribution in [0.4, 0.5) is 0 Å². The van der Waals surface area contributed by atoms with Crippen LogP contribution in [0, 0.1) is 11.8 Å². The largest absolute Gasteiger partial charge is 0.393 e. The van der Waals surface area contributed by atoms with E-state index in [2.05, 4.69) is 5.32 Å². The predicted octanol–water partition coefficient (Wildman–Crippen LogP) is 3.15. The lowest BCUT2D eigenvalue weighted by molar-refractivity contribution is -0.121. The van der Waals surface area contributed by atoms with Gasteiger partial charge in [-0.1, -0.05) is 54.6 Å². The van der Waals surface area contributed by atoms with Crippen LogP contribution in [0.3, 0.4) is 0 Å². The Morgan fingerprint density at radius 1 is 1.20 bits per heavy atom. The van der Waals surface area contributed by atoms with Crippen LogP contribution in [0.2, 0.25) is 0 Å². The van der Waals surface area contributed by atoms with Crippen molar-refractivity contribution in [3.63, 3.8) is 0 Å². The molecule has 0 bridgehead atoms. The third kappa shape index (κ3) is 8.42. The Hall–Kier alpha value is -1.95. The number of nitrogens with one attached hydrogen (secondary N) is 1. The molecule has 0 saturated heterocycles. The zero-order valence-electron chi connectivity index (χ0n) is 18.0. The summed E-state index contributed by atoms with van der Waals surface area (Å²) >= 11 is 0. The van der Waals surface area contributed by atoms with Crippen molar-refractivity contribution in [2.45, 2.75) is 70.2 Å². The number of unbranched alkanes of at least 4 members (excludes halogenated alkanes) is 1. The van der Waals surface area contributed by atoms with Crippen molar-refractivity contribution in [3.05, 3.63) is 60.2 Å². The Balaban J connectivity index is 1.78. The second-order valence-electron chi connectivity index (χ2n) is 8.14. The summed E-state index contributed by atoms with van der Waals surface area (Å²) in [5.41, 5.74) is 1.19. The molecule has 1 aromatic carbocycles. The Kier molecular flexibility index (Phi) is 10.8. The fourth-order valence-electron chi connectivity index (χ4n) is 4.06. The van der Waals surface area contributed by atoms with Gasteiger partial charge in [0.15, 0.2) is 0 Å². The highest BCUT2D eigenvalue weighted by Crippen LogP contribution is 2.36. The molecule has 1 fully saturated rings. The molecule has 1 saturated carbocycles. The van der Waals surface area contributed by atoms with Crippen molar-refractivity contribution in [2.75, 3.05) is 6.54 Å². The van der Waals surface area contributed by atoms with Crippen LogP contribution < -0.4 is 5.32 Å². The molecule has 5 heteroatoms. The van der Waals surface area contributed by atoms with Crippen LogP contribution in [0.1, 0.15) is 51.0 Å². The Morgan fingerprint density at radius 2 is 1.97 bits per heavy atom. The number of hydrogen-bond acceptors (Lipinski definition) is 4. The number of aliphatic hydroxyl groups is 3. The van der Waals surface area contributed by atoms with Gasteiger partial charge in [-0.15, -0.1) is 0 Å². The maximum atomic E-state index is 11.4. The smallest absolute Gasteiger partial charge is 0.219 e. The van der Waals surface area contributed by atoms with Crippen LogP contribution in [-0.4, -0.2) is 46.1 Å². The Bertz CT molecular complexity index is 673. The lowest BCUT2D eigenvalue weighted by Gasteiger charge is -2.19. The molecule has 2 rings (SSSR count). The average molecular weight is 416 g/mol. The van der Waals surface area contributed by atoms with Crippen LogP contribution in [0.15, 0.2) is 54.6 Å². The molecule has 30 heavy (non-hydrogen) atoms. The van der Waals surface area contributed by atoms with E-state index in [-0.39, 0.29) is 17.7 Å². The summed E-state index contributed by atoms with van der Waals surface area (Å²) in [4.78, 5) is 11.4. The van der Waals surface area contributed by atoms with E-state index in [0.29, 0.717) is 32.2 Å². The molecule has 1 aliphatic carbocycles. The fourth-order valence-corrected chi connectivity index (χ4v) is 4.06. The van der Waals surface area contributed by atoms with E-state index >= 15 is 0 Å². The molecule has 0 spiro atoms. The van der Waals surface area contributed by atoms with Crippen molar-refractivity contribution in [2.24, 2.45) is 11.8 Å². The minimum Gasteiger partial charge on any atom is -0.393 e. The van der Waals surface area contributed by atoms with Gasteiger partial charge < -0.3 is 20.6 Å². The SMILES string of the molecule is CCNC(=O)CCC/C=C\C[C@@H]1[C@@H](/C=C\[C@@H](O)CCc2ccccc2)[C@H](O)C[C@@H]1O. The first kappa shape index (κ1) is 24.3. The molecule has 0 unspecified atom stereocenters. The quantitative estimate of drug-likeness (QED) is 0.312. The minimum atomic E-state index is -0.589. The van der Waals surface area contributed by atoms with E-state index in [1.54, 1.807) is 6.08 Å².